The van der Waals surface area contributed by atoms with Crippen molar-refractivity contribution in [3.63, 3.8) is 0 Å². The second kappa shape index (κ2) is 4.44. The number of hydrogen-bond acceptors (Lipinski definition) is 3. The Hall–Kier alpha value is -2.27. The van der Waals surface area contributed by atoms with Gasteiger partial charge in [-0.2, -0.15) is 0 Å². The zero-order valence-corrected chi connectivity index (χ0v) is 10.5. The predicted octanol–water partition coefficient (Wildman–Crippen LogP) is 2.23. The molecule has 4 nitrogen and oxygen atoms in total. The summed E-state index contributed by atoms with van der Waals surface area (Å²) >= 11 is 0. The van der Waals surface area contributed by atoms with Crippen molar-refractivity contribution < 1.29 is 4.39 Å². The Morgan fingerprint density at radius 2 is 2.16 bits per heavy atom. The molecule has 0 atom stereocenters. The molecule has 0 aliphatic carbocycles. The summed E-state index contributed by atoms with van der Waals surface area (Å²) in [6.07, 6.45) is 2.78. The number of aryl methyl sites for hydroxylation is 1. The van der Waals surface area contributed by atoms with E-state index in [1.54, 1.807) is 6.20 Å². The number of nitrogens with zero attached hydrogens (tertiary/aromatic N) is 3. The topological polar surface area (TPSA) is 56.7 Å². The average molecular weight is 256 g/mol. The van der Waals surface area contributed by atoms with Crippen LogP contribution in [0.25, 0.3) is 22.4 Å². The monoisotopic (exact) mass is 256 g/mol. The molecule has 2 N–H and O–H groups in total. The number of hydrogen-bond donors (Lipinski definition) is 1. The third kappa shape index (κ3) is 1.88. The first-order chi connectivity index (χ1) is 9.20. The fraction of sp³-hybridized carbons (Fsp3) is 0.143. The third-order valence-electron chi connectivity index (χ3n) is 3.18. The van der Waals surface area contributed by atoms with Crippen LogP contribution in [0.1, 0.15) is 5.56 Å². The molecule has 2 aromatic heterocycles. The Morgan fingerprint density at radius 3 is 2.89 bits per heavy atom. The fourth-order valence-electron chi connectivity index (χ4n) is 2.23. The van der Waals surface area contributed by atoms with Crippen molar-refractivity contribution in [2.75, 3.05) is 0 Å². The lowest BCUT2D eigenvalue weighted by Crippen LogP contribution is -1.97. The summed E-state index contributed by atoms with van der Waals surface area (Å²) in [7, 11) is 1.90. The SMILES string of the molecule is Cn1c(-c2cncc(F)c2)nc2c(CN)cccc21. The molecule has 0 saturated carbocycles. The molecule has 0 fully saturated rings. The maximum atomic E-state index is 13.3. The molecule has 1 aromatic carbocycles. The molecular formula is C14H13FN4. The molecule has 3 aromatic rings. The third-order valence-corrected chi connectivity index (χ3v) is 3.18. The van der Waals surface area contributed by atoms with Crippen LogP contribution in [-0.4, -0.2) is 14.5 Å². The molecule has 96 valence electrons. The van der Waals surface area contributed by atoms with E-state index in [0.29, 0.717) is 17.9 Å². The van der Waals surface area contributed by atoms with Crippen molar-refractivity contribution in [3.05, 3.63) is 48.0 Å². The van der Waals surface area contributed by atoms with E-state index in [1.165, 1.54) is 12.3 Å². The first kappa shape index (κ1) is 11.8. The van der Waals surface area contributed by atoms with Crippen LogP contribution in [0.5, 0.6) is 0 Å². The van der Waals surface area contributed by atoms with Crippen molar-refractivity contribution in [1.82, 2.24) is 14.5 Å². The van der Waals surface area contributed by atoms with Crippen molar-refractivity contribution in [2.24, 2.45) is 12.8 Å². The zero-order chi connectivity index (χ0) is 13.4. The number of aromatic nitrogens is 3. The summed E-state index contributed by atoms with van der Waals surface area (Å²) in [4.78, 5) is 8.43. The highest BCUT2D eigenvalue weighted by molar-refractivity contribution is 5.83. The van der Waals surface area contributed by atoms with E-state index < -0.39 is 0 Å². The Labute approximate surface area is 109 Å². The first-order valence-electron chi connectivity index (χ1n) is 5.96. The van der Waals surface area contributed by atoms with E-state index in [0.717, 1.165) is 16.6 Å². The molecule has 0 bridgehead atoms. The highest BCUT2D eigenvalue weighted by Crippen LogP contribution is 2.25. The van der Waals surface area contributed by atoms with Crippen molar-refractivity contribution in [1.29, 1.82) is 0 Å². The van der Waals surface area contributed by atoms with Gasteiger partial charge in [-0.05, 0) is 17.7 Å². The van der Waals surface area contributed by atoms with Gasteiger partial charge in [0, 0.05) is 25.4 Å². The quantitative estimate of drug-likeness (QED) is 0.765. The standard InChI is InChI=1S/C14H13FN4/c1-19-12-4-2-3-9(6-16)13(12)18-14(19)10-5-11(15)8-17-7-10/h2-5,7-8H,6,16H2,1H3. The number of rotatable bonds is 2. The van der Waals surface area contributed by atoms with Gasteiger partial charge in [-0.15, -0.1) is 0 Å². The van der Waals surface area contributed by atoms with Crippen molar-refractivity contribution in [2.45, 2.75) is 6.54 Å². The van der Waals surface area contributed by atoms with Crippen LogP contribution in [0.2, 0.25) is 0 Å². The van der Waals surface area contributed by atoms with Crippen LogP contribution in [0.3, 0.4) is 0 Å². The molecule has 0 amide bonds. The Balaban J connectivity index is 2.28. The van der Waals surface area contributed by atoms with E-state index in [4.69, 9.17) is 5.73 Å². The summed E-state index contributed by atoms with van der Waals surface area (Å²) < 4.78 is 15.2. The Kier molecular flexibility index (Phi) is 2.76. The molecule has 19 heavy (non-hydrogen) atoms. The number of benzene rings is 1. The van der Waals surface area contributed by atoms with Gasteiger partial charge in [-0.3, -0.25) is 4.98 Å². The van der Waals surface area contributed by atoms with Gasteiger partial charge in [0.25, 0.3) is 0 Å². The number of para-hydroxylation sites is 1. The summed E-state index contributed by atoms with van der Waals surface area (Å²) in [5.74, 6) is 0.312. The Bertz CT molecular complexity index is 748. The number of halogens is 1. The van der Waals surface area contributed by atoms with Gasteiger partial charge < -0.3 is 10.3 Å². The highest BCUT2D eigenvalue weighted by Gasteiger charge is 2.12. The second-order valence-electron chi connectivity index (χ2n) is 4.38. The number of imidazole rings is 1. The van der Waals surface area contributed by atoms with E-state index in [9.17, 15) is 4.39 Å². The molecule has 0 aliphatic heterocycles. The van der Waals surface area contributed by atoms with Gasteiger partial charge in [-0.1, -0.05) is 12.1 Å². The number of pyridine rings is 1. The lowest BCUT2D eigenvalue weighted by Gasteiger charge is -2.02. The minimum Gasteiger partial charge on any atom is -0.327 e. The maximum absolute atomic E-state index is 13.3. The van der Waals surface area contributed by atoms with E-state index in [2.05, 4.69) is 9.97 Å². The minimum absolute atomic E-state index is 0.372. The molecule has 0 spiro atoms. The van der Waals surface area contributed by atoms with E-state index in [-0.39, 0.29) is 5.82 Å². The zero-order valence-electron chi connectivity index (χ0n) is 10.5. The molecular weight excluding hydrogens is 243 g/mol. The molecule has 0 aliphatic rings. The van der Waals surface area contributed by atoms with E-state index >= 15 is 0 Å². The average Bonchev–Trinajstić information content (AvgIpc) is 2.76. The second-order valence-corrected chi connectivity index (χ2v) is 4.38. The van der Waals surface area contributed by atoms with Gasteiger partial charge in [0.2, 0.25) is 0 Å². The molecule has 5 heteroatoms. The minimum atomic E-state index is -0.372. The summed E-state index contributed by atoms with van der Waals surface area (Å²) in [5.41, 5.74) is 9.17. The summed E-state index contributed by atoms with van der Waals surface area (Å²) in [6.45, 7) is 0.426. The highest BCUT2D eigenvalue weighted by atomic mass is 19.1. The number of fused-ring (bicyclic) bond motifs is 1. The van der Waals surface area contributed by atoms with Gasteiger partial charge in [0.15, 0.2) is 0 Å². The van der Waals surface area contributed by atoms with Crippen LogP contribution < -0.4 is 5.73 Å². The fourth-order valence-corrected chi connectivity index (χ4v) is 2.23. The molecule has 0 radical (unpaired) electrons. The van der Waals surface area contributed by atoms with Crippen LogP contribution in [0, 0.1) is 5.82 Å². The molecule has 3 rings (SSSR count). The van der Waals surface area contributed by atoms with Crippen LogP contribution in [0.15, 0.2) is 36.7 Å². The van der Waals surface area contributed by atoms with Crippen LogP contribution >= 0.6 is 0 Å². The van der Waals surface area contributed by atoms with Crippen molar-refractivity contribution in [3.8, 4) is 11.4 Å². The van der Waals surface area contributed by atoms with E-state index in [1.807, 2.05) is 29.8 Å². The predicted molar refractivity (Wildman–Crippen MR) is 71.8 cm³/mol. The lowest BCUT2D eigenvalue weighted by atomic mass is 10.2. The largest absolute Gasteiger partial charge is 0.327 e. The molecule has 0 unspecified atom stereocenters. The van der Waals surface area contributed by atoms with Gasteiger partial charge in [0.05, 0.1) is 17.2 Å². The van der Waals surface area contributed by atoms with Crippen LogP contribution in [0.4, 0.5) is 4.39 Å². The van der Waals surface area contributed by atoms with Gasteiger partial charge >= 0.3 is 0 Å². The van der Waals surface area contributed by atoms with Crippen molar-refractivity contribution >= 4 is 11.0 Å². The normalized spacial score (nSPS) is 11.1. The lowest BCUT2D eigenvalue weighted by molar-refractivity contribution is 0.621. The summed E-state index contributed by atoms with van der Waals surface area (Å²) in [6, 6.07) is 7.29. The van der Waals surface area contributed by atoms with Gasteiger partial charge in [-0.25, -0.2) is 9.37 Å². The van der Waals surface area contributed by atoms with Crippen LogP contribution in [-0.2, 0) is 13.6 Å². The number of nitrogens with two attached hydrogens (primary N) is 1. The molecule has 2 heterocycles. The van der Waals surface area contributed by atoms with Gasteiger partial charge in [0.1, 0.15) is 11.6 Å². The first-order valence-corrected chi connectivity index (χ1v) is 5.96. The molecule has 0 saturated heterocycles. The Morgan fingerprint density at radius 1 is 1.32 bits per heavy atom. The summed E-state index contributed by atoms with van der Waals surface area (Å²) in [5, 5.41) is 0. The smallest absolute Gasteiger partial charge is 0.142 e. The maximum Gasteiger partial charge on any atom is 0.142 e.